The van der Waals surface area contributed by atoms with E-state index in [4.69, 9.17) is 9.97 Å². The first-order chi connectivity index (χ1) is 8.75. The molecule has 0 radical (unpaired) electrons. The van der Waals surface area contributed by atoms with Crippen LogP contribution in [0.4, 0.5) is 0 Å². The van der Waals surface area contributed by atoms with Crippen molar-refractivity contribution in [1.82, 2.24) is 9.97 Å². The summed E-state index contributed by atoms with van der Waals surface area (Å²) in [5, 5.41) is 0. The number of para-hydroxylation sites is 2. The van der Waals surface area contributed by atoms with E-state index in [2.05, 4.69) is 41.5 Å². The van der Waals surface area contributed by atoms with E-state index in [9.17, 15) is 0 Å². The van der Waals surface area contributed by atoms with Gasteiger partial charge in [0, 0.05) is 10.8 Å². The quantitative estimate of drug-likeness (QED) is 0.783. The summed E-state index contributed by atoms with van der Waals surface area (Å²) >= 11 is 0. The van der Waals surface area contributed by atoms with Crippen LogP contribution in [0.5, 0.6) is 0 Å². The minimum absolute atomic E-state index is 0.0127. The first-order valence-electron chi connectivity index (χ1n) is 7.03. The summed E-state index contributed by atoms with van der Waals surface area (Å²) in [6, 6.07) is 8.13. The lowest BCUT2D eigenvalue weighted by Gasteiger charge is -2.30. The van der Waals surface area contributed by atoms with E-state index in [1.807, 2.05) is 24.3 Å². The maximum atomic E-state index is 4.92. The Bertz CT molecular complexity index is 592. The summed E-state index contributed by atoms with van der Waals surface area (Å²) in [4.78, 5) is 9.82. The van der Waals surface area contributed by atoms with Gasteiger partial charge in [-0.25, -0.2) is 9.97 Å². The second kappa shape index (κ2) is 4.59. The van der Waals surface area contributed by atoms with Gasteiger partial charge in [0.1, 0.15) is 0 Å². The molecule has 0 aliphatic carbocycles. The van der Waals surface area contributed by atoms with Gasteiger partial charge in [0.15, 0.2) is 0 Å². The summed E-state index contributed by atoms with van der Waals surface area (Å²) in [6.45, 7) is 13.3. The molecule has 2 rings (SSSR count). The highest BCUT2D eigenvalue weighted by Gasteiger charge is 2.30. The van der Waals surface area contributed by atoms with Crippen LogP contribution in [0.25, 0.3) is 11.0 Å². The van der Waals surface area contributed by atoms with Crippen molar-refractivity contribution in [2.45, 2.75) is 58.8 Å². The Morgan fingerprint density at radius 1 is 0.842 bits per heavy atom. The lowest BCUT2D eigenvalue weighted by molar-refractivity contribution is 0.457. The van der Waals surface area contributed by atoms with E-state index < -0.39 is 0 Å². The van der Waals surface area contributed by atoms with E-state index in [0.717, 1.165) is 28.8 Å². The summed E-state index contributed by atoms with van der Waals surface area (Å²) in [6.07, 6.45) is 1.06. The lowest BCUT2D eigenvalue weighted by atomic mass is 9.79. The van der Waals surface area contributed by atoms with Gasteiger partial charge in [0.25, 0.3) is 0 Å². The van der Waals surface area contributed by atoms with Gasteiger partial charge in [0.05, 0.1) is 22.4 Å². The molecular weight excluding hydrogens is 232 g/mol. The number of rotatable bonds is 2. The molecule has 2 aromatic rings. The molecule has 19 heavy (non-hydrogen) atoms. The van der Waals surface area contributed by atoms with Gasteiger partial charge in [-0.1, -0.05) is 53.7 Å². The van der Waals surface area contributed by atoms with Gasteiger partial charge in [-0.2, -0.15) is 0 Å². The third-order valence-corrected chi connectivity index (χ3v) is 3.81. The van der Waals surface area contributed by atoms with Crippen molar-refractivity contribution < 1.29 is 0 Å². The molecule has 2 nitrogen and oxygen atoms in total. The van der Waals surface area contributed by atoms with Crippen LogP contribution in [0.1, 0.15) is 59.4 Å². The van der Waals surface area contributed by atoms with Crippen molar-refractivity contribution in [3.05, 3.63) is 35.7 Å². The molecule has 0 unspecified atom stereocenters. The predicted octanol–water partition coefficient (Wildman–Crippen LogP) is 4.61. The van der Waals surface area contributed by atoms with Crippen molar-refractivity contribution in [3.8, 4) is 0 Å². The van der Waals surface area contributed by atoms with Gasteiger partial charge in [-0.3, -0.25) is 0 Å². The first kappa shape index (κ1) is 14.0. The second-order valence-corrected chi connectivity index (χ2v) is 6.90. The molecule has 0 aliphatic rings. The Morgan fingerprint density at radius 3 is 1.74 bits per heavy atom. The first-order valence-corrected chi connectivity index (χ1v) is 7.03. The fraction of sp³-hybridized carbons (Fsp3) is 0.529. The molecule has 2 heteroatoms. The molecule has 0 atom stereocenters. The monoisotopic (exact) mass is 256 g/mol. The molecule has 0 bridgehead atoms. The van der Waals surface area contributed by atoms with Crippen LogP contribution >= 0.6 is 0 Å². The molecule has 0 saturated heterocycles. The zero-order chi connectivity index (χ0) is 14.3. The van der Waals surface area contributed by atoms with E-state index in [0.29, 0.717) is 0 Å². The highest BCUT2D eigenvalue weighted by Crippen LogP contribution is 2.34. The van der Waals surface area contributed by atoms with Crippen LogP contribution in [0.3, 0.4) is 0 Å². The third kappa shape index (κ3) is 2.63. The van der Waals surface area contributed by atoms with Crippen LogP contribution in [0.2, 0.25) is 0 Å². The highest BCUT2D eigenvalue weighted by atomic mass is 14.9. The van der Waals surface area contributed by atoms with Gasteiger partial charge >= 0.3 is 0 Å². The average Bonchev–Trinajstić information content (AvgIpc) is 2.36. The minimum Gasteiger partial charge on any atom is -0.249 e. The Morgan fingerprint density at radius 2 is 1.32 bits per heavy atom. The number of hydrogen-bond donors (Lipinski definition) is 0. The van der Waals surface area contributed by atoms with Crippen LogP contribution in [0, 0.1) is 0 Å². The molecule has 1 heterocycles. The predicted molar refractivity (Wildman–Crippen MR) is 81.6 cm³/mol. The normalized spacial score (nSPS) is 12.9. The zero-order valence-electron chi connectivity index (χ0n) is 12.9. The smallest absolute Gasteiger partial charge is 0.0890 e. The van der Waals surface area contributed by atoms with Gasteiger partial charge in [-0.15, -0.1) is 0 Å². The van der Waals surface area contributed by atoms with E-state index in [1.165, 1.54) is 0 Å². The minimum atomic E-state index is 0.0127. The standard InChI is InChI=1S/C17H24N2/c1-7-17(5,6)15-14(16(2,3)4)18-12-10-8-9-11-13(12)19-15/h8-11H,7H2,1-6H3. The van der Waals surface area contributed by atoms with Crippen LogP contribution < -0.4 is 0 Å². The maximum absolute atomic E-state index is 4.92. The van der Waals surface area contributed by atoms with Gasteiger partial charge in [-0.05, 0) is 18.6 Å². The molecule has 0 N–H and O–H groups in total. The number of hydrogen-bond acceptors (Lipinski definition) is 2. The van der Waals surface area contributed by atoms with Crippen molar-refractivity contribution in [3.63, 3.8) is 0 Å². The van der Waals surface area contributed by atoms with E-state index in [1.54, 1.807) is 0 Å². The average molecular weight is 256 g/mol. The Labute approximate surface area is 116 Å². The largest absolute Gasteiger partial charge is 0.249 e. The Kier molecular flexibility index (Phi) is 3.38. The number of aromatic nitrogens is 2. The molecule has 0 amide bonds. The molecule has 1 aromatic carbocycles. The topological polar surface area (TPSA) is 25.8 Å². The molecule has 102 valence electrons. The van der Waals surface area contributed by atoms with Crippen LogP contribution in [0.15, 0.2) is 24.3 Å². The maximum Gasteiger partial charge on any atom is 0.0890 e. The van der Waals surface area contributed by atoms with E-state index in [-0.39, 0.29) is 10.8 Å². The van der Waals surface area contributed by atoms with Crippen molar-refractivity contribution >= 4 is 11.0 Å². The molecule has 0 saturated carbocycles. The molecule has 0 spiro atoms. The van der Waals surface area contributed by atoms with Crippen molar-refractivity contribution in [2.24, 2.45) is 0 Å². The molecule has 0 aliphatic heterocycles. The number of nitrogens with zero attached hydrogens (tertiary/aromatic N) is 2. The SMILES string of the molecule is CCC(C)(C)c1nc2ccccc2nc1C(C)(C)C. The number of benzene rings is 1. The van der Waals surface area contributed by atoms with Gasteiger partial charge < -0.3 is 0 Å². The molecule has 1 aromatic heterocycles. The van der Waals surface area contributed by atoms with Crippen LogP contribution in [-0.2, 0) is 10.8 Å². The summed E-state index contributed by atoms with van der Waals surface area (Å²) in [7, 11) is 0. The zero-order valence-corrected chi connectivity index (χ0v) is 12.9. The summed E-state index contributed by atoms with van der Waals surface area (Å²) in [5.74, 6) is 0. The second-order valence-electron chi connectivity index (χ2n) is 6.90. The summed E-state index contributed by atoms with van der Waals surface area (Å²) < 4.78 is 0. The van der Waals surface area contributed by atoms with Gasteiger partial charge in [0.2, 0.25) is 0 Å². The Balaban J connectivity index is 2.79. The molecular formula is C17H24N2. The third-order valence-electron chi connectivity index (χ3n) is 3.81. The van der Waals surface area contributed by atoms with Crippen molar-refractivity contribution in [2.75, 3.05) is 0 Å². The number of fused-ring (bicyclic) bond motifs is 1. The van der Waals surface area contributed by atoms with Crippen molar-refractivity contribution in [1.29, 1.82) is 0 Å². The fourth-order valence-electron chi connectivity index (χ4n) is 2.16. The van der Waals surface area contributed by atoms with E-state index >= 15 is 0 Å². The van der Waals surface area contributed by atoms with Crippen LogP contribution in [-0.4, -0.2) is 9.97 Å². The lowest BCUT2D eigenvalue weighted by Crippen LogP contribution is -2.27. The molecule has 0 fully saturated rings. The fourth-order valence-corrected chi connectivity index (χ4v) is 2.16. The highest BCUT2D eigenvalue weighted by molar-refractivity contribution is 5.74. The Hall–Kier alpha value is -1.44. The summed E-state index contributed by atoms with van der Waals surface area (Å²) in [5.41, 5.74) is 4.31.